The molecular weight excluding hydrogens is 227 g/mol. The minimum atomic E-state index is -0.439. The zero-order chi connectivity index (χ0) is 11.7. The number of halogens is 1. The maximum atomic E-state index is 13.0. The summed E-state index contributed by atoms with van der Waals surface area (Å²) in [5.74, 6) is -0.523. The second-order valence-corrected chi connectivity index (χ2v) is 4.49. The molecule has 3 nitrogen and oxygen atoms in total. The fourth-order valence-corrected chi connectivity index (χ4v) is 2.17. The summed E-state index contributed by atoms with van der Waals surface area (Å²) in [7, 11) is 0. The SMILES string of the molecule is Cc1nc(N)c(C(=O)c2cccc(F)c2)s1. The van der Waals surface area contributed by atoms with Crippen LogP contribution in [0, 0.1) is 12.7 Å². The fraction of sp³-hybridized carbons (Fsp3) is 0.0909. The average molecular weight is 236 g/mol. The van der Waals surface area contributed by atoms with Crippen LogP contribution in [0.2, 0.25) is 0 Å². The van der Waals surface area contributed by atoms with Gasteiger partial charge in [0.15, 0.2) is 0 Å². The molecule has 0 aliphatic rings. The Balaban J connectivity index is 2.43. The van der Waals surface area contributed by atoms with Crippen molar-refractivity contribution in [2.45, 2.75) is 6.92 Å². The summed E-state index contributed by atoms with van der Waals surface area (Å²) in [5, 5.41) is 0.720. The molecule has 82 valence electrons. The number of aryl methyl sites for hydroxylation is 1. The molecule has 16 heavy (non-hydrogen) atoms. The van der Waals surface area contributed by atoms with Crippen LogP contribution in [0.15, 0.2) is 24.3 Å². The lowest BCUT2D eigenvalue weighted by molar-refractivity contribution is 0.104. The number of nitrogens with two attached hydrogens (primary N) is 1. The number of aromatic nitrogens is 1. The number of ketones is 1. The van der Waals surface area contributed by atoms with E-state index in [1.54, 1.807) is 13.0 Å². The van der Waals surface area contributed by atoms with E-state index >= 15 is 0 Å². The van der Waals surface area contributed by atoms with Gasteiger partial charge in [-0.15, -0.1) is 11.3 Å². The van der Waals surface area contributed by atoms with Crippen LogP contribution in [0.5, 0.6) is 0 Å². The predicted molar refractivity (Wildman–Crippen MR) is 61.1 cm³/mol. The van der Waals surface area contributed by atoms with Gasteiger partial charge in [-0.2, -0.15) is 0 Å². The molecule has 0 aliphatic heterocycles. The van der Waals surface area contributed by atoms with Gasteiger partial charge in [-0.1, -0.05) is 12.1 Å². The van der Waals surface area contributed by atoms with Crippen LogP contribution < -0.4 is 5.73 Å². The molecule has 0 unspecified atom stereocenters. The zero-order valence-electron chi connectivity index (χ0n) is 8.53. The monoisotopic (exact) mass is 236 g/mol. The number of rotatable bonds is 2. The summed E-state index contributed by atoms with van der Waals surface area (Å²) in [6, 6.07) is 5.53. The standard InChI is InChI=1S/C11H9FN2OS/c1-6-14-11(13)10(16-6)9(15)7-3-2-4-8(12)5-7/h2-5H,13H2,1H3. The smallest absolute Gasteiger partial charge is 0.206 e. The first kappa shape index (κ1) is 10.8. The van der Waals surface area contributed by atoms with E-state index in [9.17, 15) is 9.18 Å². The number of carbonyl (C=O) groups is 1. The molecule has 0 saturated carbocycles. The van der Waals surface area contributed by atoms with Gasteiger partial charge in [-0.05, 0) is 19.1 Å². The van der Waals surface area contributed by atoms with Gasteiger partial charge in [-0.25, -0.2) is 9.37 Å². The fourth-order valence-electron chi connectivity index (χ4n) is 1.37. The largest absolute Gasteiger partial charge is 0.382 e. The summed E-state index contributed by atoms with van der Waals surface area (Å²) in [6.07, 6.45) is 0. The van der Waals surface area contributed by atoms with Crippen LogP contribution >= 0.6 is 11.3 Å². The Morgan fingerprint density at radius 3 is 2.81 bits per heavy atom. The van der Waals surface area contributed by atoms with E-state index in [4.69, 9.17) is 5.73 Å². The summed E-state index contributed by atoms with van der Waals surface area (Å²) < 4.78 is 13.0. The number of nitrogens with zero attached hydrogens (tertiary/aromatic N) is 1. The molecule has 0 fully saturated rings. The van der Waals surface area contributed by atoms with E-state index in [2.05, 4.69) is 4.98 Å². The van der Waals surface area contributed by atoms with Crippen molar-refractivity contribution >= 4 is 22.9 Å². The third kappa shape index (κ3) is 1.94. The highest BCUT2D eigenvalue weighted by Gasteiger charge is 2.16. The van der Waals surface area contributed by atoms with Crippen molar-refractivity contribution < 1.29 is 9.18 Å². The Hall–Kier alpha value is -1.75. The first-order valence-electron chi connectivity index (χ1n) is 4.61. The molecule has 0 saturated heterocycles. The lowest BCUT2D eigenvalue weighted by atomic mass is 10.1. The third-order valence-corrected chi connectivity index (χ3v) is 3.04. The van der Waals surface area contributed by atoms with Crippen LogP contribution in [0.25, 0.3) is 0 Å². The molecule has 0 radical (unpaired) electrons. The van der Waals surface area contributed by atoms with E-state index in [1.165, 1.54) is 29.5 Å². The lowest BCUT2D eigenvalue weighted by Crippen LogP contribution is -2.02. The average Bonchev–Trinajstić information content (AvgIpc) is 2.57. The van der Waals surface area contributed by atoms with Crippen LogP contribution in [0.4, 0.5) is 10.2 Å². The Bertz CT molecular complexity index is 551. The first-order chi connectivity index (χ1) is 7.58. The van der Waals surface area contributed by atoms with E-state index in [0.29, 0.717) is 4.88 Å². The molecule has 2 aromatic rings. The number of anilines is 1. The Morgan fingerprint density at radius 2 is 2.25 bits per heavy atom. The summed E-state index contributed by atoms with van der Waals surface area (Å²) in [4.78, 5) is 16.3. The predicted octanol–water partition coefficient (Wildman–Crippen LogP) is 2.40. The second-order valence-electron chi connectivity index (χ2n) is 3.29. The highest BCUT2D eigenvalue weighted by molar-refractivity contribution is 7.14. The number of hydrogen-bond donors (Lipinski definition) is 1. The van der Waals surface area contributed by atoms with Crippen molar-refractivity contribution in [2.24, 2.45) is 0 Å². The quantitative estimate of drug-likeness (QED) is 0.814. The molecule has 2 N–H and O–H groups in total. The van der Waals surface area contributed by atoms with Crippen LogP contribution in [-0.4, -0.2) is 10.8 Å². The molecule has 0 amide bonds. The van der Waals surface area contributed by atoms with Crippen molar-refractivity contribution in [3.63, 3.8) is 0 Å². The molecule has 2 rings (SSSR count). The molecule has 0 bridgehead atoms. The van der Waals surface area contributed by atoms with Gasteiger partial charge < -0.3 is 5.73 Å². The molecule has 0 spiro atoms. The van der Waals surface area contributed by atoms with Crippen molar-refractivity contribution in [2.75, 3.05) is 5.73 Å². The topological polar surface area (TPSA) is 56.0 Å². The van der Waals surface area contributed by atoms with E-state index in [0.717, 1.165) is 5.01 Å². The molecule has 1 aromatic carbocycles. The highest BCUT2D eigenvalue weighted by atomic mass is 32.1. The Morgan fingerprint density at radius 1 is 1.50 bits per heavy atom. The highest BCUT2D eigenvalue weighted by Crippen LogP contribution is 2.23. The summed E-state index contributed by atoms with van der Waals surface area (Å²) in [6.45, 7) is 1.77. The molecule has 0 atom stereocenters. The van der Waals surface area contributed by atoms with E-state index < -0.39 is 5.82 Å². The van der Waals surface area contributed by atoms with Crippen molar-refractivity contribution in [3.8, 4) is 0 Å². The maximum absolute atomic E-state index is 13.0. The molecule has 1 heterocycles. The summed E-state index contributed by atoms with van der Waals surface area (Å²) in [5.41, 5.74) is 5.89. The number of thiazole rings is 1. The van der Waals surface area contributed by atoms with E-state index in [1.807, 2.05) is 0 Å². The van der Waals surface area contributed by atoms with Gasteiger partial charge in [0, 0.05) is 5.56 Å². The second kappa shape index (κ2) is 4.02. The molecule has 5 heteroatoms. The van der Waals surface area contributed by atoms with Gasteiger partial charge in [0.1, 0.15) is 16.5 Å². The normalized spacial score (nSPS) is 10.4. The molecular formula is C11H9FN2OS. The number of nitrogen functional groups attached to an aromatic ring is 1. The molecule has 0 aliphatic carbocycles. The number of benzene rings is 1. The van der Waals surface area contributed by atoms with Crippen molar-refractivity contribution in [1.82, 2.24) is 4.98 Å². The van der Waals surface area contributed by atoms with Gasteiger partial charge in [0.05, 0.1) is 5.01 Å². The Labute approximate surface area is 95.7 Å². The van der Waals surface area contributed by atoms with Crippen molar-refractivity contribution in [3.05, 3.63) is 45.5 Å². The molecule has 1 aromatic heterocycles. The van der Waals surface area contributed by atoms with Crippen LogP contribution in [0.3, 0.4) is 0 Å². The first-order valence-corrected chi connectivity index (χ1v) is 5.43. The zero-order valence-corrected chi connectivity index (χ0v) is 9.34. The van der Waals surface area contributed by atoms with Gasteiger partial charge >= 0.3 is 0 Å². The Kier molecular flexibility index (Phi) is 2.70. The third-order valence-electron chi connectivity index (χ3n) is 2.05. The van der Waals surface area contributed by atoms with Crippen molar-refractivity contribution in [1.29, 1.82) is 0 Å². The maximum Gasteiger partial charge on any atom is 0.206 e. The van der Waals surface area contributed by atoms with E-state index in [-0.39, 0.29) is 17.2 Å². The van der Waals surface area contributed by atoms with Crippen LogP contribution in [-0.2, 0) is 0 Å². The summed E-state index contributed by atoms with van der Waals surface area (Å²) >= 11 is 1.22. The van der Waals surface area contributed by atoms with Gasteiger partial charge in [-0.3, -0.25) is 4.79 Å². The lowest BCUT2D eigenvalue weighted by Gasteiger charge is -1.98. The number of hydrogen-bond acceptors (Lipinski definition) is 4. The van der Waals surface area contributed by atoms with Gasteiger partial charge in [0.2, 0.25) is 5.78 Å². The number of carbonyl (C=O) groups excluding carboxylic acids is 1. The van der Waals surface area contributed by atoms with Gasteiger partial charge in [0.25, 0.3) is 0 Å². The minimum absolute atomic E-state index is 0.205. The minimum Gasteiger partial charge on any atom is -0.382 e. The van der Waals surface area contributed by atoms with Crippen LogP contribution in [0.1, 0.15) is 20.2 Å².